The molecule has 3 nitrogen and oxygen atoms in total. The third-order valence-corrected chi connectivity index (χ3v) is 3.82. The van der Waals surface area contributed by atoms with E-state index in [0.29, 0.717) is 11.8 Å². The van der Waals surface area contributed by atoms with Gasteiger partial charge in [0.05, 0.1) is 5.88 Å². The van der Waals surface area contributed by atoms with Crippen molar-refractivity contribution in [1.29, 1.82) is 0 Å². The highest BCUT2D eigenvalue weighted by atomic mass is 79.9. The van der Waals surface area contributed by atoms with Gasteiger partial charge in [0, 0.05) is 10.7 Å². The molecule has 3 aromatic rings. The van der Waals surface area contributed by atoms with E-state index in [4.69, 9.17) is 16.3 Å². The van der Waals surface area contributed by atoms with Gasteiger partial charge in [0.25, 0.3) is 0 Å². The maximum absolute atomic E-state index is 6.04. The summed E-state index contributed by atoms with van der Waals surface area (Å²) in [5.74, 6) is 1.66. The van der Waals surface area contributed by atoms with E-state index < -0.39 is 0 Å². The molecule has 0 aliphatic rings. The number of alkyl halides is 1. The second-order valence-corrected chi connectivity index (χ2v) is 5.62. The normalized spacial score (nSPS) is 10.9. The number of halogens is 2. The van der Waals surface area contributed by atoms with Crippen molar-refractivity contribution < 1.29 is 4.74 Å². The van der Waals surface area contributed by atoms with E-state index in [9.17, 15) is 0 Å². The van der Waals surface area contributed by atoms with Crippen molar-refractivity contribution in [2.45, 2.75) is 12.8 Å². The van der Waals surface area contributed by atoms with Crippen LogP contribution in [-0.4, -0.2) is 9.38 Å². The number of aryl methyl sites for hydroxylation is 1. The smallest absolute Gasteiger partial charge is 0.242 e. The molecule has 0 N–H and O–H groups in total. The first-order valence-corrected chi connectivity index (χ1v) is 7.47. The zero-order valence-electron chi connectivity index (χ0n) is 10.8. The Labute approximate surface area is 130 Å². The van der Waals surface area contributed by atoms with Crippen LogP contribution in [0, 0.1) is 6.92 Å². The van der Waals surface area contributed by atoms with Crippen molar-refractivity contribution in [3.05, 3.63) is 58.3 Å². The first-order chi connectivity index (χ1) is 9.69. The van der Waals surface area contributed by atoms with Crippen molar-refractivity contribution in [2.75, 3.05) is 0 Å². The Bertz CT molecular complexity index is 770. The molecular formula is C15H12BrClN2O. The fourth-order valence-electron chi connectivity index (χ4n) is 2.02. The van der Waals surface area contributed by atoms with Gasteiger partial charge in [0.2, 0.25) is 5.88 Å². The molecule has 0 aliphatic carbocycles. The summed E-state index contributed by atoms with van der Waals surface area (Å²) < 4.78 is 8.86. The van der Waals surface area contributed by atoms with Gasteiger partial charge in [0.1, 0.15) is 17.1 Å². The number of hydrogen-bond acceptors (Lipinski definition) is 2. The van der Waals surface area contributed by atoms with Gasteiger partial charge < -0.3 is 4.74 Å². The summed E-state index contributed by atoms with van der Waals surface area (Å²) in [6.07, 6.45) is 1.93. The van der Waals surface area contributed by atoms with Crippen LogP contribution < -0.4 is 4.74 Å². The third kappa shape index (κ3) is 2.41. The third-order valence-electron chi connectivity index (χ3n) is 3.08. The van der Waals surface area contributed by atoms with Crippen LogP contribution in [0.1, 0.15) is 11.3 Å². The summed E-state index contributed by atoms with van der Waals surface area (Å²) in [7, 11) is 0. The number of fused-ring (bicyclic) bond motifs is 1. The average Bonchev–Trinajstić information content (AvgIpc) is 2.80. The number of imidazole rings is 1. The van der Waals surface area contributed by atoms with E-state index in [1.165, 1.54) is 0 Å². The molecule has 102 valence electrons. The number of nitrogens with zero attached hydrogens (tertiary/aromatic N) is 2. The first-order valence-electron chi connectivity index (χ1n) is 6.15. The number of benzene rings is 1. The maximum Gasteiger partial charge on any atom is 0.242 e. The molecule has 0 amide bonds. The van der Waals surface area contributed by atoms with Crippen LogP contribution in [-0.2, 0) is 5.88 Å². The predicted octanol–water partition coefficient (Wildman–Crippen LogP) is 4.94. The van der Waals surface area contributed by atoms with E-state index in [1.807, 2.05) is 53.9 Å². The van der Waals surface area contributed by atoms with Gasteiger partial charge in [-0.1, -0.05) is 28.1 Å². The summed E-state index contributed by atoms with van der Waals surface area (Å²) in [6.45, 7) is 2.00. The van der Waals surface area contributed by atoms with Gasteiger partial charge in [-0.2, -0.15) is 4.98 Å². The highest BCUT2D eigenvalue weighted by molar-refractivity contribution is 9.10. The van der Waals surface area contributed by atoms with E-state index in [2.05, 4.69) is 20.9 Å². The molecule has 0 atom stereocenters. The average molecular weight is 352 g/mol. The fraction of sp³-hybridized carbons (Fsp3) is 0.133. The number of rotatable bonds is 3. The molecule has 0 spiro atoms. The van der Waals surface area contributed by atoms with Gasteiger partial charge >= 0.3 is 0 Å². The zero-order valence-corrected chi connectivity index (χ0v) is 13.1. The quantitative estimate of drug-likeness (QED) is 0.625. The second kappa shape index (κ2) is 5.46. The lowest BCUT2D eigenvalue weighted by atomic mass is 10.2. The van der Waals surface area contributed by atoms with Crippen LogP contribution in [0.15, 0.2) is 47.1 Å². The highest BCUT2D eigenvalue weighted by Gasteiger charge is 2.14. The summed E-state index contributed by atoms with van der Waals surface area (Å²) in [5, 5.41) is 0. The molecule has 20 heavy (non-hydrogen) atoms. The second-order valence-electron chi connectivity index (χ2n) is 4.44. The minimum Gasteiger partial charge on any atom is -0.437 e. The van der Waals surface area contributed by atoms with Crippen molar-refractivity contribution in [3.8, 4) is 11.6 Å². The minimum atomic E-state index is 0.341. The van der Waals surface area contributed by atoms with Crippen LogP contribution >= 0.6 is 27.5 Å². The molecule has 0 radical (unpaired) electrons. The lowest BCUT2D eigenvalue weighted by Gasteiger charge is -2.08. The van der Waals surface area contributed by atoms with E-state index in [-0.39, 0.29) is 0 Å². The van der Waals surface area contributed by atoms with Gasteiger partial charge in [-0.05, 0) is 36.8 Å². The van der Waals surface area contributed by atoms with Crippen molar-refractivity contribution in [1.82, 2.24) is 9.38 Å². The standard InChI is InChI=1S/C15H12BrClN2O/c1-10-5-6-11(16)8-13(10)20-15-12(9-17)19-7-3-2-4-14(19)18-15/h2-8H,9H2,1H3. The lowest BCUT2D eigenvalue weighted by Crippen LogP contribution is -1.93. The molecule has 5 heteroatoms. The number of hydrogen-bond donors (Lipinski definition) is 0. The molecular weight excluding hydrogens is 340 g/mol. The SMILES string of the molecule is Cc1ccc(Br)cc1Oc1nc2ccccn2c1CCl. The molecule has 0 unspecified atom stereocenters. The number of aromatic nitrogens is 2. The van der Waals surface area contributed by atoms with E-state index >= 15 is 0 Å². The van der Waals surface area contributed by atoms with E-state index in [0.717, 1.165) is 27.1 Å². The maximum atomic E-state index is 6.04. The summed E-state index contributed by atoms with van der Waals surface area (Å²) in [4.78, 5) is 4.49. The predicted molar refractivity (Wildman–Crippen MR) is 83.7 cm³/mol. The lowest BCUT2D eigenvalue weighted by molar-refractivity contribution is 0.458. The molecule has 0 saturated carbocycles. The first kappa shape index (κ1) is 13.5. The minimum absolute atomic E-state index is 0.341. The molecule has 0 aliphatic heterocycles. The van der Waals surface area contributed by atoms with Gasteiger partial charge in [0.15, 0.2) is 0 Å². The monoisotopic (exact) mass is 350 g/mol. The Balaban J connectivity index is 2.08. The van der Waals surface area contributed by atoms with Gasteiger partial charge in [-0.3, -0.25) is 4.40 Å². The summed E-state index contributed by atoms with van der Waals surface area (Å²) in [5.41, 5.74) is 2.72. The van der Waals surface area contributed by atoms with Crippen LogP contribution in [0.4, 0.5) is 0 Å². The Morgan fingerprint density at radius 1 is 1.30 bits per heavy atom. The Kier molecular flexibility index (Phi) is 3.68. The Morgan fingerprint density at radius 2 is 2.15 bits per heavy atom. The zero-order chi connectivity index (χ0) is 14.1. The fourth-order valence-corrected chi connectivity index (χ4v) is 2.60. The van der Waals surface area contributed by atoms with Crippen molar-refractivity contribution >= 4 is 33.2 Å². The molecule has 0 fully saturated rings. The van der Waals surface area contributed by atoms with Crippen LogP contribution in [0.3, 0.4) is 0 Å². The molecule has 3 rings (SSSR count). The number of pyridine rings is 1. The largest absolute Gasteiger partial charge is 0.437 e. The van der Waals surface area contributed by atoms with Crippen LogP contribution in [0.5, 0.6) is 11.6 Å². The van der Waals surface area contributed by atoms with Crippen LogP contribution in [0.2, 0.25) is 0 Å². The molecule has 0 saturated heterocycles. The van der Waals surface area contributed by atoms with E-state index in [1.54, 1.807) is 0 Å². The van der Waals surface area contributed by atoms with Crippen molar-refractivity contribution in [3.63, 3.8) is 0 Å². The summed E-state index contributed by atoms with van der Waals surface area (Å²) >= 11 is 9.49. The molecule has 1 aromatic carbocycles. The topological polar surface area (TPSA) is 26.5 Å². The van der Waals surface area contributed by atoms with Crippen molar-refractivity contribution in [2.24, 2.45) is 0 Å². The van der Waals surface area contributed by atoms with Gasteiger partial charge in [-0.15, -0.1) is 11.6 Å². The van der Waals surface area contributed by atoms with Crippen LogP contribution in [0.25, 0.3) is 5.65 Å². The highest BCUT2D eigenvalue weighted by Crippen LogP contribution is 2.31. The Morgan fingerprint density at radius 3 is 2.95 bits per heavy atom. The Hall–Kier alpha value is -1.52. The molecule has 2 heterocycles. The summed E-state index contributed by atoms with van der Waals surface area (Å²) in [6, 6.07) is 11.7. The van der Waals surface area contributed by atoms with Gasteiger partial charge in [-0.25, -0.2) is 0 Å². The molecule has 2 aromatic heterocycles. The number of ether oxygens (including phenoxy) is 1. The molecule has 0 bridgehead atoms.